The molecule has 0 aromatic heterocycles. The zero-order valence-electron chi connectivity index (χ0n) is 26.2. The lowest BCUT2D eigenvalue weighted by atomic mass is 9.68. The molecule has 4 aliphatic rings. The first-order chi connectivity index (χ1) is 22.4. The third-order valence-corrected chi connectivity index (χ3v) is 12.0. The quantitative estimate of drug-likeness (QED) is 0.356. The van der Waals surface area contributed by atoms with Crippen LogP contribution in [0, 0.1) is 11.8 Å². The zero-order chi connectivity index (χ0) is 33.4. The molecule has 2 aromatic carbocycles. The fourth-order valence-corrected chi connectivity index (χ4v) is 9.30. The summed E-state index contributed by atoms with van der Waals surface area (Å²) in [6.07, 6.45) is 2.57. The second kappa shape index (κ2) is 13.4. The minimum absolute atomic E-state index is 0.105. The van der Waals surface area contributed by atoms with Gasteiger partial charge in [-0.3, -0.25) is 14.3 Å². The molecule has 1 fully saturated rings. The number of alkyl halides is 3. The standard InChI is InChI=1S/C34H39ClF3N3O5S/c1-45-29-7-3-2-4-15-47(44,39-31(42)18-34(36,37)38)40-32(43)23-9-13-30-28(17-23)41(19-24-8-11-26(24)29)20-33(21-46-30)14-5-6-22-16-25(35)10-12-27(22)33/h3,7,9-10,12-13,16-17,24,26,29H,2,4-6,8,11,14-15,18-21H2,1H3,(H,39,40,42,43,44)/b7-3+/t24-,26+,29-,33-,47+/m0/s1. The summed E-state index contributed by atoms with van der Waals surface area (Å²) in [7, 11) is -2.18. The molecule has 13 heteroatoms. The average Bonchev–Trinajstić information content (AvgIpc) is 3.13. The van der Waals surface area contributed by atoms with Gasteiger partial charge in [-0.15, -0.1) is 4.36 Å². The molecule has 2 aromatic rings. The van der Waals surface area contributed by atoms with E-state index in [0.717, 1.165) is 32.1 Å². The minimum atomic E-state index is -4.80. The molecule has 1 saturated carbocycles. The number of methoxy groups -OCH3 is 1. The van der Waals surface area contributed by atoms with Crippen LogP contribution >= 0.6 is 11.6 Å². The van der Waals surface area contributed by atoms with Crippen molar-refractivity contribution in [3.63, 3.8) is 0 Å². The van der Waals surface area contributed by atoms with Crippen LogP contribution in [-0.2, 0) is 31.3 Å². The van der Waals surface area contributed by atoms with Crippen molar-refractivity contribution in [2.24, 2.45) is 16.2 Å². The van der Waals surface area contributed by atoms with Gasteiger partial charge in [-0.1, -0.05) is 29.8 Å². The van der Waals surface area contributed by atoms with Crippen LogP contribution in [0.4, 0.5) is 18.9 Å². The van der Waals surface area contributed by atoms with Gasteiger partial charge in [0.25, 0.3) is 5.91 Å². The monoisotopic (exact) mass is 693 g/mol. The second-order valence-electron chi connectivity index (χ2n) is 13.1. The fourth-order valence-electron chi connectivity index (χ4n) is 7.51. The number of carbonyl (C=O) groups is 2. The van der Waals surface area contributed by atoms with Gasteiger partial charge in [-0.2, -0.15) is 13.2 Å². The van der Waals surface area contributed by atoms with Gasteiger partial charge < -0.3 is 14.4 Å². The van der Waals surface area contributed by atoms with Gasteiger partial charge in [0.15, 0.2) is 0 Å². The highest BCUT2D eigenvalue weighted by molar-refractivity contribution is 7.92. The maximum atomic E-state index is 13.8. The molecule has 2 bridgehead atoms. The largest absolute Gasteiger partial charge is 0.490 e. The summed E-state index contributed by atoms with van der Waals surface area (Å²) in [6.45, 7) is 1.75. The number of allylic oxidation sites excluding steroid dienone is 1. The first-order valence-corrected chi connectivity index (χ1v) is 18.1. The Morgan fingerprint density at radius 3 is 2.79 bits per heavy atom. The number of carbonyl (C=O) groups excluding carboxylic acids is 2. The van der Waals surface area contributed by atoms with Crippen LogP contribution in [0.5, 0.6) is 5.75 Å². The Hall–Kier alpha value is -3.09. The summed E-state index contributed by atoms with van der Waals surface area (Å²) < 4.78 is 70.8. The summed E-state index contributed by atoms with van der Waals surface area (Å²) in [5.74, 6) is -1.50. The Balaban J connectivity index is 1.42. The summed E-state index contributed by atoms with van der Waals surface area (Å²) in [5, 5.41) is 0.692. The molecule has 2 aliphatic carbocycles. The number of fused-ring (bicyclic) bond motifs is 4. The molecule has 8 nitrogen and oxygen atoms in total. The number of halogens is 4. The van der Waals surface area contributed by atoms with E-state index < -0.39 is 34.3 Å². The fraction of sp³-hybridized carbons (Fsp3) is 0.529. The van der Waals surface area contributed by atoms with Crippen LogP contribution < -0.4 is 14.4 Å². The first-order valence-electron chi connectivity index (χ1n) is 16.0. The topological polar surface area (TPSA) is 97.3 Å². The molecule has 6 rings (SSSR count). The van der Waals surface area contributed by atoms with E-state index in [-0.39, 0.29) is 35.2 Å². The second-order valence-corrected chi connectivity index (χ2v) is 15.6. The lowest BCUT2D eigenvalue weighted by molar-refractivity contribution is -0.152. The third kappa shape index (κ3) is 7.49. The van der Waals surface area contributed by atoms with Crippen molar-refractivity contribution in [3.8, 4) is 5.75 Å². The molecule has 2 amide bonds. The van der Waals surface area contributed by atoms with E-state index in [1.807, 2.05) is 29.0 Å². The Bertz CT molecular complexity index is 1690. The Morgan fingerprint density at radius 1 is 1.21 bits per heavy atom. The van der Waals surface area contributed by atoms with Crippen LogP contribution in [0.25, 0.3) is 0 Å². The van der Waals surface area contributed by atoms with Crippen LogP contribution in [0.3, 0.4) is 0 Å². The van der Waals surface area contributed by atoms with Crippen LogP contribution in [-0.4, -0.2) is 60.9 Å². The summed E-state index contributed by atoms with van der Waals surface area (Å²) in [6, 6.07) is 10.9. The average molecular weight is 694 g/mol. The number of aryl methyl sites for hydroxylation is 1. The number of hydrogen-bond acceptors (Lipinski definition) is 6. The highest BCUT2D eigenvalue weighted by Crippen LogP contribution is 2.47. The molecular formula is C34H39ClF3N3O5S. The number of amides is 2. The van der Waals surface area contributed by atoms with E-state index in [4.69, 9.17) is 21.1 Å². The number of benzene rings is 2. The molecule has 5 atom stereocenters. The van der Waals surface area contributed by atoms with Gasteiger partial charge in [-0.25, -0.2) is 4.21 Å². The lowest BCUT2D eigenvalue weighted by Crippen LogP contribution is -2.49. The van der Waals surface area contributed by atoms with Crippen molar-refractivity contribution in [2.75, 3.05) is 37.5 Å². The van der Waals surface area contributed by atoms with Crippen LogP contribution in [0.2, 0.25) is 5.02 Å². The number of hydrogen-bond donors (Lipinski definition) is 1. The molecule has 1 N–H and O–H groups in total. The van der Waals surface area contributed by atoms with Gasteiger partial charge >= 0.3 is 6.18 Å². The van der Waals surface area contributed by atoms with Gasteiger partial charge in [0.2, 0.25) is 5.91 Å². The maximum absolute atomic E-state index is 13.8. The molecular weight excluding hydrogens is 655 g/mol. The molecule has 2 heterocycles. The number of anilines is 1. The van der Waals surface area contributed by atoms with Crippen molar-refractivity contribution in [1.29, 1.82) is 0 Å². The van der Waals surface area contributed by atoms with Crippen molar-refractivity contribution < 1.29 is 36.4 Å². The van der Waals surface area contributed by atoms with Gasteiger partial charge in [0.1, 0.15) is 22.1 Å². The van der Waals surface area contributed by atoms with Gasteiger partial charge in [0, 0.05) is 36.2 Å². The van der Waals surface area contributed by atoms with Crippen molar-refractivity contribution in [3.05, 3.63) is 70.3 Å². The SMILES string of the molecule is CO[C@H]1/C=C/CCC[S@@](=O)(NC(=O)CC(F)(F)F)=NC(=O)c2ccc3c(c2)N(C[C@@H]2CC[C@H]21)C[C@@]1(CCCc2cc(Cl)ccc21)CO3. The number of nitrogens with one attached hydrogen (secondary N) is 1. The van der Waals surface area contributed by atoms with Crippen LogP contribution in [0.15, 0.2) is 52.9 Å². The molecule has 1 spiro atoms. The van der Waals surface area contributed by atoms with E-state index in [1.54, 1.807) is 19.2 Å². The summed E-state index contributed by atoms with van der Waals surface area (Å²) >= 11 is 6.39. The van der Waals surface area contributed by atoms with E-state index in [1.165, 1.54) is 17.2 Å². The molecule has 0 unspecified atom stereocenters. The smallest absolute Gasteiger partial charge is 0.397 e. The summed E-state index contributed by atoms with van der Waals surface area (Å²) in [5.41, 5.74) is 2.88. The highest BCUT2D eigenvalue weighted by Gasteiger charge is 2.44. The zero-order valence-corrected chi connectivity index (χ0v) is 27.8. The Morgan fingerprint density at radius 2 is 2.04 bits per heavy atom. The molecule has 47 heavy (non-hydrogen) atoms. The van der Waals surface area contributed by atoms with Crippen molar-refractivity contribution in [1.82, 2.24) is 4.72 Å². The maximum Gasteiger partial charge on any atom is 0.397 e. The number of ether oxygens (including phenoxy) is 2. The van der Waals surface area contributed by atoms with Gasteiger partial charge in [0.05, 0.1) is 24.2 Å². The van der Waals surface area contributed by atoms with Crippen molar-refractivity contribution >= 4 is 39.0 Å². The lowest BCUT2D eigenvalue weighted by Gasteiger charge is -2.46. The predicted octanol–water partition coefficient (Wildman–Crippen LogP) is 6.80. The predicted molar refractivity (Wildman–Crippen MR) is 174 cm³/mol. The third-order valence-electron chi connectivity index (χ3n) is 9.89. The van der Waals surface area contributed by atoms with Crippen LogP contribution in [0.1, 0.15) is 66.4 Å². The van der Waals surface area contributed by atoms with E-state index in [2.05, 4.69) is 15.3 Å². The normalized spacial score (nSPS) is 30.1. The summed E-state index contributed by atoms with van der Waals surface area (Å²) in [4.78, 5) is 28.0. The molecule has 0 radical (unpaired) electrons. The van der Waals surface area contributed by atoms with E-state index >= 15 is 0 Å². The van der Waals surface area contributed by atoms with Gasteiger partial charge in [-0.05, 0) is 98.2 Å². The molecule has 0 saturated heterocycles. The van der Waals surface area contributed by atoms with E-state index in [9.17, 15) is 27.0 Å². The molecule has 254 valence electrons. The van der Waals surface area contributed by atoms with Crippen molar-refractivity contribution in [2.45, 2.75) is 69.1 Å². The highest BCUT2D eigenvalue weighted by atomic mass is 35.5. The number of nitrogens with zero attached hydrogens (tertiary/aromatic N) is 2. The first kappa shape index (κ1) is 33.8. The Kier molecular flexibility index (Phi) is 9.66. The molecule has 2 aliphatic heterocycles. The van der Waals surface area contributed by atoms with E-state index in [0.29, 0.717) is 48.5 Å². The number of rotatable bonds is 3. The minimum Gasteiger partial charge on any atom is -0.490 e. The Labute approximate surface area is 278 Å².